The van der Waals surface area contributed by atoms with Crippen molar-refractivity contribution in [3.8, 4) is 10.6 Å². The lowest BCUT2D eigenvalue weighted by atomic mass is 9.96. The summed E-state index contributed by atoms with van der Waals surface area (Å²) in [5.41, 5.74) is 4.06. The number of anilines is 3. The van der Waals surface area contributed by atoms with Crippen molar-refractivity contribution in [3.05, 3.63) is 54.1 Å². The molecule has 2 N–H and O–H groups in total. The van der Waals surface area contributed by atoms with E-state index in [4.69, 9.17) is 0 Å². The molecule has 176 valence electrons. The maximum absolute atomic E-state index is 11.3. The third-order valence-electron chi connectivity index (χ3n) is 5.27. The fraction of sp³-hybridized carbons (Fsp3) is 0.423. The molecular weight excluding hydrogens is 432 g/mol. The predicted octanol–water partition coefficient (Wildman–Crippen LogP) is 6.65. The molecule has 7 heteroatoms. The van der Waals surface area contributed by atoms with Crippen molar-refractivity contribution in [2.24, 2.45) is 11.8 Å². The zero-order chi connectivity index (χ0) is 24.0. The summed E-state index contributed by atoms with van der Waals surface area (Å²) >= 11 is 1.51. The van der Waals surface area contributed by atoms with Gasteiger partial charge in [-0.25, -0.2) is 0 Å². The lowest BCUT2D eigenvalue weighted by Crippen LogP contribution is -2.31. The highest BCUT2D eigenvalue weighted by Gasteiger charge is 2.19. The smallest absolute Gasteiger partial charge is 0.303 e. The van der Waals surface area contributed by atoms with Gasteiger partial charge in [0, 0.05) is 18.7 Å². The van der Waals surface area contributed by atoms with Gasteiger partial charge in [0.15, 0.2) is 0 Å². The van der Waals surface area contributed by atoms with Gasteiger partial charge < -0.3 is 15.3 Å². The summed E-state index contributed by atoms with van der Waals surface area (Å²) in [7, 11) is 0. The standard InChI is InChI=1S/C26H34N4O2S/c1-17(2)15-30(16-18(3)4)23-12-11-21(19(5)13-24(31)32)14-22(23)27-26-29-28-25(33-26)20-9-7-6-8-10-20/h6-12,14,17-19H,13,15-16H2,1-5H3,(H,27,29)(H,31,32). The van der Waals surface area contributed by atoms with Crippen molar-refractivity contribution in [2.75, 3.05) is 23.3 Å². The summed E-state index contributed by atoms with van der Waals surface area (Å²) in [5, 5.41) is 23.1. The SMILES string of the molecule is CC(C)CN(CC(C)C)c1ccc(C(C)CC(=O)O)cc1Nc1nnc(-c2ccccc2)s1. The van der Waals surface area contributed by atoms with Gasteiger partial charge in [-0.2, -0.15) is 0 Å². The Hall–Kier alpha value is -2.93. The van der Waals surface area contributed by atoms with E-state index in [1.165, 1.54) is 11.3 Å². The summed E-state index contributed by atoms with van der Waals surface area (Å²) in [6.45, 7) is 12.7. The quantitative estimate of drug-likeness (QED) is 0.330. The molecule has 0 spiro atoms. The first-order chi connectivity index (χ1) is 15.7. The van der Waals surface area contributed by atoms with Crippen LogP contribution in [0.25, 0.3) is 10.6 Å². The van der Waals surface area contributed by atoms with E-state index in [0.29, 0.717) is 17.0 Å². The molecule has 1 aromatic heterocycles. The molecule has 2 aromatic carbocycles. The minimum Gasteiger partial charge on any atom is -0.481 e. The average Bonchev–Trinajstić information content (AvgIpc) is 3.21. The second-order valence-electron chi connectivity index (χ2n) is 9.37. The van der Waals surface area contributed by atoms with Gasteiger partial charge in [0.05, 0.1) is 17.8 Å². The number of nitrogens with zero attached hydrogens (tertiary/aromatic N) is 3. The Kier molecular flexibility index (Phi) is 8.44. The zero-order valence-electron chi connectivity index (χ0n) is 20.1. The van der Waals surface area contributed by atoms with E-state index in [9.17, 15) is 9.90 Å². The largest absolute Gasteiger partial charge is 0.481 e. The monoisotopic (exact) mass is 466 g/mol. The first kappa shape index (κ1) is 24.7. The lowest BCUT2D eigenvalue weighted by molar-refractivity contribution is -0.137. The molecule has 1 heterocycles. The van der Waals surface area contributed by atoms with Crippen LogP contribution < -0.4 is 10.2 Å². The first-order valence-corrected chi connectivity index (χ1v) is 12.3. The molecule has 3 rings (SSSR count). The van der Waals surface area contributed by atoms with Crippen LogP contribution in [0.3, 0.4) is 0 Å². The van der Waals surface area contributed by atoms with Crippen molar-refractivity contribution in [1.82, 2.24) is 10.2 Å². The van der Waals surface area contributed by atoms with E-state index in [1.807, 2.05) is 37.3 Å². The van der Waals surface area contributed by atoms with E-state index in [-0.39, 0.29) is 12.3 Å². The highest BCUT2D eigenvalue weighted by molar-refractivity contribution is 7.18. The Morgan fingerprint density at radius 2 is 1.67 bits per heavy atom. The van der Waals surface area contributed by atoms with Gasteiger partial charge in [0.25, 0.3) is 0 Å². The van der Waals surface area contributed by atoms with Crippen molar-refractivity contribution < 1.29 is 9.90 Å². The third-order valence-corrected chi connectivity index (χ3v) is 6.16. The maximum Gasteiger partial charge on any atom is 0.303 e. The summed E-state index contributed by atoms with van der Waals surface area (Å²) in [5.74, 6) is 0.135. The number of nitrogens with one attached hydrogen (secondary N) is 1. The highest BCUT2D eigenvalue weighted by atomic mass is 32.1. The number of aromatic nitrogens is 2. The fourth-order valence-corrected chi connectivity index (χ4v) is 4.62. The van der Waals surface area contributed by atoms with Gasteiger partial charge in [-0.3, -0.25) is 4.79 Å². The Morgan fingerprint density at radius 1 is 1.00 bits per heavy atom. The number of carboxylic acid groups (broad SMARTS) is 1. The van der Waals surface area contributed by atoms with E-state index >= 15 is 0 Å². The number of hydrogen-bond acceptors (Lipinski definition) is 6. The number of aliphatic carboxylic acids is 1. The minimum absolute atomic E-state index is 0.0879. The van der Waals surface area contributed by atoms with Crippen LogP contribution in [0.1, 0.15) is 52.5 Å². The van der Waals surface area contributed by atoms with E-state index in [1.54, 1.807) is 0 Å². The van der Waals surface area contributed by atoms with Crippen LogP contribution in [-0.2, 0) is 4.79 Å². The minimum atomic E-state index is -0.793. The van der Waals surface area contributed by atoms with Crippen LogP contribution in [0, 0.1) is 11.8 Å². The van der Waals surface area contributed by atoms with Crippen molar-refractivity contribution in [3.63, 3.8) is 0 Å². The summed E-state index contributed by atoms with van der Waals surface area (Å²) in [6.07, 6.45) is 0.0947. The van der Waals surface area contributed by atoms with E-state index in [2.05, 4.69) is 66.3 Å². The molecule has 6 nitrogen and oxygen atoms in total. The van der Waals surface area contributed by atoms with Crippen LogP contribution in [0.2, 0.25) is 0 Å². The van der Waals surface area contributed by atoms with Gasteiger partial charge in [0.2, 0.25) is 5.13 Å². The molecule has 0 saturated carbocycles. The second kappa shape index (κ2) is 11.3. The highest BCUT2D eigenvalue weighted by Crippen LogP contribution is 2.36. The van der Waals surface area contributed by atoms with Gasteiger partial charge in [-0.15, -0.1) is 10.2 Å². The molecule has 0 saturated heterocycles. The number of benzene rings is 2. The van der Waals surface area contributed by atoms with Crippen molar-refractivity contribution in [1.29, 1.82) is 0 Å². The van der Waals surface area contributed by atoms with Crippen molar-refractivity contribution >= 4 is 33.8 Å². The second-order valence-corrected chi connectivity index (χ2v) is 10.3. The summed E-state index contributed by atoms with van der Waals surface area (Å²) in [6, 6.07) is 16.2. The van der Waals surface area contributed by atoms with Gasteiger partial charge in [-0.1, -0.05) is 82.4 Å². The average molecular weight is 467 g/mol. The van der Waals surface area contributed by atoms with Gasteiger partial charge in [-0.05, 0) is 35.4 Å². The van der Waals surface area contributed by atoms with Crippen molar-refractivity contribution in [2.45, 2.75) is 47.0 Å². The Bertz CT molecular complexity index is 1040. The Balaban J connectivity index is 1.98. The number of hydrogen-bond donors (Lipinski definition) is 2. The number of rotatable bonds is 11. The number of carbonyl (C=O) groups is 1. The fourth-order valence-electron chi connectivity index (χ4n) is 3.85. The maximum atomic E-state index is 11.3. The van der Waals surface area contributed by atoms with Crippen LogP contribution in [-0.4, -0.2) is 34.4 Å². The summed E-state index contributed by atoms with van der Waals surface area (Å²) in [4.78, 5) is 13.7. The molecule has 0 fully saturated rings. The molecule has 0 aliphatic heterocycles. The molecule has 33 heavy (non-hydrogen) atoms. The third kappa shape index (κ3) is 7.02. The van der Waals surface area contributed by atoms with Crippen LogP contribution >= 0.6 is 11.3 Å². The van der Waals surface area contributed by atoms with Gasteiger partial charge >= 0.3 is 5.97 Å². The topological polar surface area (TPSA) is 78.4 Å². The molecule has 0 amide bonds. The van der Waals surface area contributed by atoms with E-state index in [0.717, 1.165) is 40.6 Å². The normalized spacial score (nSPS) is 12.2. The number of carboxylic acids is 1. The molecule has 1 atom stereocenters. The molecule has 0 aliphatic carbocycles. The molecular formula is C26H34N4O2S. The summed E-state index contributed by atoms with van der Waals surface area (Å²) < 4.78 is 0. The Morgan fingerprint density at radius 3 is 2.27 bits per heavy atom. The molecule has 0 bridgehead atoms. The molecule has 0 aliphatic rings. The molecule has 0 radical (unpaired) electrons. The Labute approximate surface area is 200 Å². The van der Waals surface area contributed by atoms with E-state index < -0.39 is 5.97 Å². The molecule has 3 aromatic rings. The van der Waals surface area contributed by atoms with Crippen LogP contribution in [0.5, 0.6) is 0 Å². The van der Waals surface area contributed by atoms with Crippen LogP contribution in [0.15, 0.2) is 48.5 Å². The zero-order valence-corrected chi connectivity index (χ0v) is 20.9. The molecule has 1 unspecified atom stereocenters. The van der Waals surface area contributed by atoms with Crippen LogP contribution in [0.4, 0.5) is 16.5 Å². The predicted molar refractivity (Wildman–Crippen MR) is 138 cm³/mol. The van der Waals surface area contributed by atoms with Gasteiger partial charge in [0.1, 0.15) is 5.01 Å². The first-order valence-electron chi connectivity index (χ1n) is 11.5. The lowest BCUT2D eigenvalue weighted by Gasteiger charge is -2.31.